The average molecular weight is 271 g/mol. The topological polar surface area (TPSA) is 101 Å². The van der Waals surface area contributed by atoms with Gasteiger partial charge in [-0.1, -0.05) is 44.8 Å². The van der Waals surface area contributed by atoms with Gasteiger partial charge in [0.15, 0.2) is 0 Å². The molecule has 4 N–H and O–H groups in total. The van der Waals surface area contributed by atoms with Crippen molar-refractivity contribution in [3.8, 4) is 0 Å². The van der Waals surface area contributed by atoms with Gasteiger partial charge in [0.05, 0.1) is 0 Å². The molecule has 0 saturated heterocycles. The summed E-state index contributed by atoms with van der Waals surface area (Å²) >= 11 is 0. The van der Waals surface area contributed by atoms with E-state index in [-0.39, 0.29) is 0 Å². The van der Waals surface area contributed by atoms with Crippen molar-refractivity contribution in [2.45, 2.75) is 45.4 Å². The van der Waals surface area contributed by atoms with Crippen LogP contribution in [0.2, 0.25) is 0 Å². The molecule has 0 saturated carbocycles. The van der Waals surface area contributed by atoms with Gasteiger partial charge in [0.25, 0.3) is 0 Å². The molecule has 110 valence electrons. The van der Waals surface area contributed by atoms with Crippen molar-refractivity contribution in [2.24, 2.45) is 5.73 Å². The monoisotopic (exact) mass is 271 g/mol. The molecule has 0 aromatic carbocycles. The number of carboxylic acids is 2. The van der Waals surface area contributed by atoms with E-state index in [1.165, 1.54) is 38.5 Å². The van der Waals surface area contributed by atoms with Crippen LogP contribution in [-0.4, -0.2) is 28.7 Å². The molecule has 0 aliphatic rings. The zero-order chi connectivity index (χ0) is 14.9. The quantitative estimate of drug-likeness (QED) is 0.340. The Bertz CT molecular complexity index is 269. The lowest BCUT2D eigenvalue weighted by atomic mass is 10.1. The molecule has 0 fully saturated rings. The van der Waals surface area contributed by atoms with Crippen molar-refractivity contribution < 1.29 is 19.8 Å². The summed E-state index contributed by atoms with van der Waals surface area (Å²) in [6, 6.07) is 0. The standard InChI is InChI=1S/C10H21N.C4H4O4/c1-2-3-4-5-6-7-8-9-10-11;5-3(6)1-2-4(7)8/h8-9H,2-7,10-11H2,1H3;1-2H,(H,5,6)(H,7,8)/b;2-1+. The number of allylic oxidation sites excluding steroid dienone is 1. The Kier molecular flexibility index (Phi) is 17.0. The fourth-order valence-corrected chi connectivity index (χ4v) is 1.22. The van der Waals surface area contributed by atoms with Crippen LogP contribution in [0.5, 0.6) is 0 Å². The zero-order valence-electron chi connectivity index (χ0n) is 11.5. The lowest BCUT2D eigenvalue weighted by Gasteiger charge is -1.95. The minimum atomic E-state index is -1.26. The van der Waals surface area contributed by atoms with Crippen molar-refractivity contribution in [1.82, 2.24) is 0 Å². The predicted molar refractivity (Wildman–Crippen MR) is 76.0 cm³/mol. The lowest BCUT2D eigenvalue weighted by molar-refractivity contribution is -0.134. The molecule has 0 aromatic heterocycles. The average Bonchev–Trinajstić information content (AvgIpc) is 2.36. The normalized spacial score (nSPS) is 10.4. The Morgan fingerprint density at radius 2 is 1.47 bits per heavy atom. The first-order valence-electron chi connectivity index (χ1n) is 6.53. The highest BCUT2D eigenvalue weighted by Gasteiger charge is 1.88. The van der Waals surface area contributed by atoms with Crippen molar-refractivity contribution in [2.75, 3.05) is 6.54 Å². The number of hydrogen-bond donors (Lipinski definition) is 3. The van der Waals surface area contributed by atoms with Crippen LogP contribution < -0.4 is 5.73 Å². The summed E-state index contributed by atoms with van der Waals surface area (Å²) in [5.74, 6) is -2.51. The first kappa shape index (κ1) is 19.7. The zero-order valence-corrected chi connectivity index (χ0v) is 11.5. The molecule has 0 spiro atoms. The van der Waals surface area contributed by atoms with E-state index in [9.17, 15) is 9.59 Å². The van der Waals surface area contributed by atoms with E-state index in [0.29, 0.717) is 18.7 Å². The molecule has 0 aliphatic heterocycles. The van der Waals surface area contributed by atoms with Gasteiger partial charge in [0.1, 0.15) is 0 Å². The maximum atomic E-state index is 9.55. The second kappa shape index (κ2) is 16.4. The number of carboxylic acid groups (broad SMARTS) is 2. The van der Waals surface area contributed by atoms with Gasteiger partial charge in [0, 0.05) is 18.7 Å². The Hall–Kier alpha value is -1.62. The SMILES string of the molecule is CCCCCCCC=CCN.O=C(O)/C=C/C(=O)O. The number of unbranched alkanes of at least 4 members (excludes halogenated alkanes) is 5. The molecule has 5 heteroatoms. The van der Waals surface area contributed by atoms with E-state index in [4.69, 9.17) is 15.9 Å². The largest absolute Gasteiger partial charge is 0.478 e. The Labute approximate surface area is 114 Å². The van der Waals surface area contributed by atoms with Gasteiger partial charge in [0.2, 0.25) is 0 Å². The number of carbonyl (C=O) groups is 2. The number of nitrogens with two attached hydrogens (primary N) is 1. The molecule has 0 rings (SSSR count). The molecule has 0 atom stereocenters. The highest BCUT2D eigenvalue weighted by Crippen LogP contribution is 2.04. The van der Waals surface area contributed by atoms with E-state index < -0.39 is 11.9 Å². The molecule has 0 amide bonds. The van der Waals surface area contributed by atoms with Crippen LogP contribution in [0.15, 0.2) is 24.3 Å². The van der Waals surface area contributed by atoms with Gasteiger partial charge in [-0.25, -0.2) is 9.59 Å². The number of hydrogen-bond acceptors (Lipinski definition) is 3. The van der Waals surface area contributed by atoms with Crippen LogP contribution >= 0.6 is 0 Å². The molecule has 5 nitrogen and oxygen atoms in total. The Morgan fingerprint density at radius 3 is 1.89 bits per heavy atom. The maximum Gasteiger partial charge on any atom is 0.328 e. The van der Waals surface area contributed by atoms with Gasteiger partial charge < -0.3 is 15.9 Å². The second-order valence-electron chi connectivity index (χ2n) is 3.92. The first-order chi connectivity index (χ1) is 9.04. The first-order valence-corrected chi connectivity index (χ1v) is 6.53. The van der Waals surface area contributed by atoms with E-state index in [2.05, 4.69) is 13.0 Å². The molecule has 0 heterocycles. The summed E-state index contributed by atoms with van der Waals surface area (Å²) in [6.45, 7) is 2.93. The Morgan fingerprint density at radius 1 is 0.947 bits per heavy atom. The second-order valence-corrected chi connectivity index (χ2v) is 3.92. The summed E-state index contributed by atoms with van der Waals surface area (Å²) in [6.07, 6.45) is 13.4. The molecule has 0 unspecified atom stereocenters. The smallest absolute Gasteiger partial charge is 0.328 e. The van der Waals surface area contributed by atoms with Crippen LogP contribution in [0.25, 0.3) is 0 Å². The van der Waals surface area contributed by atoms with Crippen LogP contribution in [0.4, 0.5) is 0 Å². The van der Waals surface area contributed by atoms with Crippen LogP contribution in [0.3, 0.4) is 0 Å². The van der Waals surface area contributed by atoms with Gasteiger partial charge in [-0.15, -0.1) is 0 Å². The van der Waals surface area contributed by atoms with Crippen molar-refractivity contribution in [3.05, 3.63) is 24.3 Å². The van der Waals surface area contributed by atoms with E-state index in [0.717, 1.165) is 0 Å². The van der Waals surface area contributed by atoms with Crippen molar-refractivity contribution in [3.63, 3.8) is 0 Å². The molecular formula is C14H25NO4. The third-order valence-corrected chi connectivity index (χ3v) is 2.15. The molecule has 0 radical (unpaired) electrons. The lowest BCUT2D eigenvalue weighted by Crippen LogP contribution is -1.91. The van der Waals surface area contributed by atoms with Gasteiger partial charge in [-0.2, -0.15) is 0 Å². The maximum absolute atomic E-state index is 9.55. The fourth-order valence-electron chi connectivity index (χ4n) is 1.22. The highest BCUT2D eigenvalue weighted by molar-refractivity contribution is 5.89. The van der Waals surface area contributed by atoms with E-state index in [1.54, 1.807) is 0 Å². The molecule has 19 heavy (non-hydrogen) atoms. The van der Waals surface area contributed by atoms with Crippen LogP contribution in [-0.2, 0) is 9.59 Å². The number of aliphatic carboxylic acids is 2. The summed E-state index contributed by atoms with van der Waals surface area (Å²) < 4.78 is 0. The van der Waals surface area contributed by atoms with E-state index >= 15 is 0 Å². The third-order valence-electron chi connectivity index (χ3n) is 2.15. The van der Waals surface area contributed by atoms with Gasteiger partial charge in [-0.05, 0) is 12.8 Å². The van der Waals surface area contributed by atoms with Gasteiger partial charge >= 0.3 is 11.9 Å². The minimum absolute atomic E-state index is 0.558. The Balaban J connectivity index is 0. The summed E-state index contributed by atoms with van der Waals surface area (Å²) in [5.41, 5.74) is 5.30. The predicted octanol–water partition coefficient (Wildman–Crippen LogP) is 2.57. The fraction of sp³-hybridized carbons (Fsp3) is 0.571. The van der Waals surface area contributed by atoms with Crippen molar-refractivity contribution in [1.29, 1.82) is 0 Å². The molecule has 0 bridgehead atoms. The van der Waals surface area contributed by atoms with Crippen LogP contribution in [0.1, 0.15) is 45.4 Å². The third kappa shape index (κ3) is 26.2. The summed E-state index contributed by atoms with van der Waals surface area (Å²) in [5, 5.41) is 15.6. The number of rotatable bonds is 9. The summed E-state index contributed by atoms with van der Waals surface area (Å²) in [4.78, 5) is 19.1. The van der Waals surface area contributed by atoms with E-state index in [1.807, 2.05) is 6.08 Å². The summed E-state index contributed by atoms with van der Waals surface area (Å²) in [7, 11) is 0. The van der Waals surface area contributed by atoms with Gasteiger partial charge in [-0.3, -0.25) is 0 Å². The molecule has 0 aromatic rings. The highest BCUT2D eigenvalue weighted by atomic mass is 16.4. The molecule has 0 aliphatic carbocycles. The van der Waals surface area contributed by atoms with Crippen LogP contribution in [0, 0.1) is 0 Å². The van der Waals surface area contributed by atoms with Crippen molar-refractivity contribution >= 4 is 11.9 Å². The molecular weight excluding hydrogens is 246 g/mol. The minimum Gasteiger partial charge on any atom is -0.478 e.